The van der Waals surface area contributed by atoms with E-state index in [1.807, 2.05) is 0 Å². The molecule has 6 heteroatoms. The molecule has 2 N–H and O–H groups in total. The number of nitrogens with one attached hydrogen (secondary N) is 1. The largest absolute Gasteiger partial charge is 0.481 e. The summed E-state index contributed by atoms with van der Waals surface area (Å²) in [5.74, 6) is -1.13. The Morgan fingerprint density at radius 1 is 1.24 bits per heavy atom. The Kier molecular flexibility index (Phi) is 5.05. The molecule has 0 unspecified atom stereocenters. The van der Waals surface area contributed by atoms with Gasteiger partial charge in [-0.15, -0.1) is 0 Å². The van der Waals surface area contributed by atoms with E-state index in [0.717, 1.165) is 5.56 Å². The Morgan fingerprint density at radius 2 is 2.05 bits per heavy atom. The number of benzene rings is 1. The van der Waals surface area contributed by atoms with Crippen LogP contribution in [0.4, 0.5) is 5.69 Å². The Morgan fingerprint density at radius 3 is 2.67 bits per heavy atom. The zero-order valence-electron chi connectivity index (χ0n) is 11.0. The summed E-state index contributed by atoms with van der Waals surface area (Å²) in [4.78, 5) is 26.5. The summed E-state index contributed by atoms with van der Waals surface area (Å²) in [6.45, 7) is 0. The zero-order valence-corrected chi connectivity index (χ0v) is 12.6. The van der Waals surface area contributed by atoms with Crippen molar-refractivity contribution in [2.75, 3.05) is 5.32 Å². The van der Waals surface area contributed by atoms with E-state index in [2.05, 4.69) is 26.2 Å². The number of amides is 1. The SMILES string of the molecule is O=C(O)CCc1ccc(NC(=O)c2ccccn2)c(Br)c1. The van der Waals surface area contributed by atoms with Crippen LogP contribution < -0.4 is 5.32 Å². The van der Waals surface area contributed by atoms with Crippen molar-refractivity contribution >= 4 is 33.5 Å². The van der Waals surface area contributed by atoms with E-state index in [0.29, 0.717) is 22.3 Å². The zero-order chi connectivity index (χ0) is 15.2. The summed E-state index contributed by atoms with van der Waals surface area (Å²) in [7, 11) is 0. The number of carboxylic acid groups (broad SMARTS) is 1. The van der Waals surface area contributed by atoms with Gasteiger partial charge in [0.05, 0.1) is 5.69 Å². The van der Waals surface area contributed by atoms with Gasteiger partial charge >= 0.3 is 5.97 Å². The Hall–Kier alpha value is -2.21. The average molecular weight is 349 g/mol. The first-order chi connectivity index (χ1) is 10.1. The average Bonchev–Trinajstić information content (AvgIpc) is 2.48. The van der Waals surface area contributed by atoms with Gasteiger partial charge in [0, 0.05) is 17.1 Å². The molecule has 21 heavy (non-hydrogen) atoms. The van der Waals surface area contributed by atoms with Crippen molar-refractivity contribution in [3.63, 3.8) is 0 Å². The molecule has 1 aromatic carbocycles. The van der Waals surface area contributed by atoms with Crippen molar-refractivity contribution in [1.29, 1.82) is 0 Å². The van der Waals surface area contributed by atoms with E-state index in [9.17, 15) is 9.59 Å². The third-order valence-corrected chi connectivity index (χ3v) is 3.46. The maximum Gasteiger partial charge on any atom is 0.303 e. The molecule has 0 atom stereocenters. The molecule has 2 rings (SSSR count). The van der Waals surface area contributed by atoms with Crippen molar-refractivity contribution < 1.29 is 14.7 Å². The number of rotatable bonds is 5. The maximum absolute atomic E-state index is 12.0. The van der Waals surface area contributed by atoms with Crippen molar-refractivity contribution in [1.82, 2.24) is 4.98 Å². The summed E-state index contributed by atoms with van der Waals surface area (Å²) < 4.78 is 0.703. The van der Waals surface area contributed by atoms with Crippen LogP contribution in [-0.4, -0.2) is 22.0 Å². The van der Waals surface area contributed by atoms with Crippen molar-refractivity contribution in [3.8, 4) is 0 Å². The number of carboxylic acids is 1. The van der Waals surface area contributed by atoms with Gasteiger partial charge in [-0.05, 0) is 52.2 Å². The third kappa shape index (κ3) is 4.39. The highest BCUT2D eigenvalue weighted by Gasteiger charge is 2.09. The Labute approximate surface area is 130 Å². The van der Waals surface area contributed by atoms with E-state index in [1.165, 1.54) is 0 Å². The fourth-order valence-corrected chi connectivity index (χ4v) is 2.28. The van der Waals surface area contributed by atoms with Crippen LogP contribution in [0.2, 0.25) is 0 Å². The van der Waals surface area contributed by atoms with Gasteiger partial charge in [-0.3, -0.25) is 14.6 Å². The van der Waals surface area contributed by atoms with Crippen molar-refractivity contribution in [2.45, 2.75) is 12.8 Å². The van der Waals surface area contributed by atoms with Gasteiger partial charge in [0.2, 0.25) is 0 Å². The summed E-state index contributed by atoms with van der Waals surface area (Å²) in [5, 5.41) is 11.4. The second kappa shape index (κ2) is 6.99. The molecule has 0 radical (unpaired) electrons. The van der Waals surface area contributed by atoms with Gasteiger partial charge in [-0.25, -0.2) is 0 Å². The predicted molar refractivity (Wildman–Crippen MR) is 82.3 cm³/mol. The Balaban J connectivity index is 2.07. The van der Waals surface area contributed by atoms with Crippen LogP contribution >= 0.6 is 15.9 Å². The molecule has 2 aromatic rings. The number of hydrogen-bond acceptors (Lipinski definition) is 3. The highest BCUT2D eigenvalue weighted by Crippen LogP contribution is 2.24. The fourth-order valence-electron chi connectivity index (χ4n) is 1.75. The lowest BCUT2D eigenvalue weighted by Gasteiger charge is -2.08. The number of pyridine rings is 1. The lowest BCUT2D eigenvalue weighted by molar-refractivity contribution is -0.136. The topological polar surface area (TPSA) is 79.3 Å². The maximum atomic E-state index is 12.0. The molecular formula is C15H13BrN2O3. The van der Waals surface area contributed by atoms with Crippen LogP contribution in [0.15, 0.2) is 47.1 Å². The molecule has 0 fully saturated rings. The summed E-state index contributed by atoms with van der Waals surface area (Å²) >= 11 is 3.37. The molecule has 1 amide bonds. The predicted octanol–water partition coefficient (Wildman–Crippen LogP) is 3.11. The number of carbonyl (C=O) groups excluding carboxylic acids is 1. The number of halogens is 1. The van der Waals surface area contributed by atoms with E-state index in [4.69, 9.17) is 5.11 Å². The number of hydrogen-bond donors (Lipinski definition) is 2. The van der Waals surface area contributed by atoms with E-state index in [1.54, 1.807) is 42.6 Å². The van der Waals surface area contributed by atoms with Gasteiger partial charge in [0.1, 0.15) is 5.69 Å². The van der Waals surface area contributed by atoms with Gasteiger partial charge < -0.3 is 10.4 Å². The third-order valence-electron chi connectivity index (χ3n) is 2.81. The van der Waals surface area contributed by atoms with Crippen LogP contribution in [0.3, 0.4) is 0 Å². The first-order valence-corrected chi connectivity index (χ1v) is 7.08. The van der Waals surface area contributed by atoms with Crippen LogP contribution in [0.1, 0.15) is 22.5 Å². The molecule has 0 bridgehead atoms. The highest BCUT2D eigenvalue weighted by molar-refractivity contribution is 9.10. The number of aromatic nitrogens is 1. The molecule has 0 aliphatic heterocycles. The van der Waals surface area contributed by atoms with Gasteiger partial charge in [0.25, 0.3) is 5.91 Å². The molecule has 0 saturated heterocycles. The number of nitrogens with zero attached hydrogens (tertiary/aromatic N) is 1. The first kappa shape index (κ1) is 15.2. The quantitative estimate of drug-likeness (QED) is 0.869. The van der Waals surface area contributed by atoms with E-state index in [-0.39, 0.29) is 12.3 Å². The molecule has 0 spiro atoms. The fraction of sp³-hybridized carbons (Fsp3) is 0.133. The smallest absolute Gasteiger partial charge is 0.303 e. The molecular weight excluding hydrogens is 336 g/mol. The molecule has 1 heterocycles. The molecule has 0 aliphatic rings. The highest BCUT2D eigenvalue weighted by atomic mass is 79.9. The summed E-state index contributed by atoms with van der Waals surface area (Å²) in [5.41, 5.74) is 1.84. The van der Waals surface area contributed by atoms with Crippen LogP contribution in [0.5, 0.6) is 0 Å². The molecule has 0 saturated carbocycles. The van der Waals surface area contributed by atoms with E-state index >= 15 is 0 Å². The molecule has 5 nitrogen and oxygen atoms in total. The monoisotopic (exact) mass is 348 g/mol. The van der Waals surface area contributed by atoms with E-state index < -0.39 is 5.97 Å². The lowest BCUT2D eigenvalue weighted by Crippen LogP contribution is -2.13. The second-order valence-electron chi connectivity index (χ2n) is 4.38. The standard InChI is InChI=1S/C15H13BrN2O3/c16-11-9-10(5-7-14(19)20)4-6-12(11)18-15(21)13-3-1-2-8-17-13/h1-4,6,8-9H,5,7H2,(H,18,21)(H,19,20). The summed E-state index contributed by atoms with van der Waals surface area (Å²) in [6, 6.07) is 10.4. The Bertz CT molecular complexity index is 659. The minimum Gasteiger partial charge on any atom is -0.481 e. The number of aryl methyl sites for hydroxylation is 1. The minimum absolute atomic E-state index is 0.0755. The summed E-state index contributed by atoms with van der Waals surface area (Å²) in [6.07, 6.45) is 2.08. The second-order valence-corrected chi connectivity index (χ2v) is 5.23. The van der Waals surface area contributed by atoms with Gasteiger partial charge in [-0.1, -0.05) is 12.1 Å². The van der Waals surface area contributed by atoms with Gasteiger partial charge in [0.15, 0.2) is 0 Å². The number of carbonyl (C=O) groups is 2. The lowest BCUT2D eigenvalue weighted by atomic mass is 10.1. The number of anilines is 1. The van der Waals surface area contributed by atoms with Gasteiger partial charge in [-0.2, -0.15) is 0 Å². The normalized spacial score (nSPS) is 10.1. The number of aliphatic carboxylic acids is 1. The van der Waals surface area contributed by atoms with Crippen LogP contribution in [-0.2, 0) is 11.2 Å². The molecule has 0 aliphatic carbocycles. The minimum atomic E-state index is -0.835. The first-order valence-electron chi connectivity index (χ1n) is 6.29. The molecule has 108 valence electrons. The van der Waals surface area contributed by atoms with Crippen molar-refractivity contribution in [2.24, 2.45) is 0 Å². The van der Waals surface area contributed by atoms with Crippen molar-refractivity contribution in [3.05, 3.63) is 58.3 Å². The van der Waals surface area contributed by atoms with Crippen LogP contribution in [0, 0.1) is 0 Å². The molecule has 1 aromatic heterocycles. The van der Waals surface area contributed by atoms with Crippen LogP contribution in [0.25, 0.3) is 0 Å².